The summed E-state index contributed by atoms with van der Waals surface area (Å²) in [6.07, 6.45) is 5.04. The lowest BCUT2D eigenvalue weighted by Crippen LogP contribution is -2.33. The Hall–Kier alpha value is -1.82. The van der Waals surface area contributed by atoms with E-state index in [9.17, 15) is 0 Å². The van der Waals surface area contributed by atoms with Gasteiger partial charge in [-0.1, -0.05) is 12.1 Å². The average molecular weight is 338 g/mol. The fraction of sp³-hybridized carbons (Fsp3) is 0.368. The van der Waals surface area contributed by atoms with Gasteiger partial charge >= 0.3 is 0 Å². The molecule has 3 aromatic rings. The van der Waals surface area contributed by atoms with Crippen LogP contribution < -0.4 is 5.32 Å². The Morgan fingerprint density at radius 2 is 2.08 bits per heavy atom. The van der Waals surface area contributed by atoms with Gasteiger partial charge in [-0.25, -0.2) is 4.98 Å². The number of fused-ring (bicyclic) bond motifs is 1. The molecule has 4 nitrogen and oxygen atoms in total. The van der Waals surface area contributed by atoms with E-state index in [0.29, 0.717) is 0 Å². The van der Waals surface area contributed by atoms with Gasteiger partial charge in [-0.05, 0) is 49.2 Å². The molecule has 1 atom stereocenters. The summed E-state index contributed by atoms with van der Waals surface area (Å²) in [5.41, 5.74) is 3.66. The SMILES string of the molecule is Cc1cnccc1C(c1nc2ccccc2s1)N1CCCNCC1. The van der Waals surface area contributed by atoms with Gasteiger partial charge in [0, 0.05) is 32.0 Å². The summed E-state index contributed by atoms with van der Waals surface area (Å²) >= 11 is 1.82. The number of rotatable bonds is 3. The Balaban J connectivity index is 1.81. The van der Waals surface area contributed by atoms with Crippen molar-refractivity contribution >= 4 is 21.6 Å². The summed E-state index contributed by atoms with van der Waals surface area (Å²) in [7, 11) is 0. The van der Waals surface area contributed by atoms with Crippen molar-refractivity contribution in [2.75, 3.05) is 26.2 Å². The maximum Gasteiger partial charge on any atom is 0.116 e. The number of nitrogens with zero attached hydrogens (tertiary/aromatic N) is 3. The van der Waals surface area contributed by atoms with Crippen LogP contribution >= 0.6 is 11.3 Å². The number of hydrogen-bond acceptors (Lipinski definition) is 5. The third-order valence-electron chi connectivity index (χ3n) is 4.64. The average Bonchev–Trinajstić information content (AvgIpc) is 2.84. The zero-order valence-corrected chi connectivity index (χ0v) is 14.7. The van der Waals surface area contributed by atoms with E-state index in [1.54, 1.807) is 0 Å². The van der Waals surface area contributed by atoms with E-state index in [-0.39, 0.29) is 6.04 Å². The standard InChI is InChI=1S/C19H22N4S/c1-14-13-21-9-7-15(14)18(23-11-4-8-20-10-12-23)19-22-16-5-2-3-6-17(16)24-19/h2-3,5-7,9,13,18,20H,4,8,10-12H2,1H3. The second-order valence-corrected chi connectivity index (χ2v) is 7.36. The molecule has 24 heavy (non-hydrogen) atoms. The molecule has 0 radical (unpaired) electrons. The summed E-state index contributed by atoms with van der Waals surface area (Å²) in [6, 6.07) is 10.8. The van der Waals surface area contributed by atoms with Crippen molar-refractivity contribution in [3.63, 3.8) is 0 Å². The highest BCUT2D eigenvalue weighted by Gasteiger charge is 2.27. The van der Waals surface area contributed by atoms with E-state index in [2.05, 4.69) is 52.5 Å². The molecule has 1 unspecified atom stereocenters. The van der Waals surface area contributed by atoms with Gasteiger partial charge in [-0.2, -0.15) is 0 Å². The van der Waals surface area contributed by atoms with Crippen LogP contribution in [0, 0.1) is 6.92 Å². The number of aromatic nitrogens is 2. The second kappa shape index (κ2) is 6.97. The highest BCUT2D eigenvalue weighted by atomic mass is 32.1. The smallest absolute Gasteiger partial charge is 0.116 e. The van der Waals surface area contributed by atoms with Crippen molar-refractivity contribution in [2.24, 2.45) is 0 Å². The Kier molecular flexibility index (Phi) is 4.56. The van der Waals surface area contributed by atoms with Crippen LogP contribution in [0.4, 0.5) is 0 Å². The quantitative estimate of drug-likeness (QED) is 0.795. The van der Waals surface area contributed by atoms with Crippen molar-refractivity contribution in [2.45, 2.75) is 19.4 Å². The van der Waals surface area contributed by atoms with Gasteiger partial charge < -0.3 is 5.32 Å². The molecule has 2 aromatic heterocycles. The van der Waals surface area contributed by atoms with Crippen LogP contribution in [-0.4, -0.2) is 41.0 Å². The molecule has 0 saturated carbocycles. The zero-order chi connectivity index (χ0) is 16.4. The molecule has 5 heteroatoms. The Morgan fingerprint density at radius 1 is 1.17 bits per heavy atom. The normalized spacial score (nSPS) is 17.7. The lowest BCUT2D eigenvalue weighted by molar-refractivity contribution is 0.240. The number of thiazole rings is 1. The zero-order valence-electron chi connectivity index (χ0n) is 13.9. The molecule has 1 N–H and O–H groups in total. The summed E-state index contributed by atoms with van der Waals surface area (Å²) < 4.78 is 1.26. The molecular formula is C19H22N4S. The second-order valence-electron chi connectivity index (χ2n) is 6.29. The Morgan fingerprint density at radius 3 is 2.96 bits per heavy atom. The minimum absolute atomic E-state index is 0.213. The maximum atomic E-state index is 4.97. The number of hydrogen-bond donors (Lipinski definition) is 1. The van der Waals surface area contributed by atoms with Crippen LogP contribution in [0.2, 0.25) is 0 Å². The van der Waals surface area contributed by atoms with Gasteiger partial charge in [-0.15, -0.1) is 11.3 Å². The highest BCUT2D eigenvalue weighted by Crippen LogP contribution is 2.35. The summed E-state index contributed by atoms with van der Waals surface area (Å²) in [6.45, 7) is 6.42. The van der Waals surface area contributed by atoms with Crippen LogP contribution in [0.1, 0.15) is 28.6 Å². The van der Waals surface area contributed by atoms with E-state index in [0.717, 1.165) is 31.7 Å². The van der Waals surface area contributed by atoms with Gasteiger partial charge in [0.15, 0.2) is 0 Å². The molecule has 0 spiro atoms. The molecule has 0 bridgehead atoms. The summed E-state index contributed by atoms with van der Waals surface area (Å²) in [5, 5.41) is 4.69. The van der Waals surface area contributed by atoms with Crippen LogP contribution in [-0.2, 0) is 0 Å². The molecular weight excluding hydrogens is 316 g/mol. The molecule has 0 amide bonds. The van der Waals surface area contributed by atoms with E-state index in [1.807, 2.05) is 23.7 Å². The highest BCUT2D eigenvalue weighted by molar-refractivity contribution is 7.18. The van der Waals surface area contributed by atoms with Gasteiger partial charge in [0.2, 0.25) is 0 Å². The molecule has 0 aliphatic carbocycles. The van der Waals surface area contributed by atoms with Crippen LogP contribution in [0.15, 0.2) is 42.7 Å². The van der Waals surface area contributed by atoms with E-state index >= 15 is 0 Å². The molecule has 1 saturated heterocycles. The molecule has 3 heterocycles. The first-order chi connectivity index (χ1) is 11.8. The first kappa shape index (κ1) is 15.7. The van der Waals surface area contributed by atoms with Gasteiger partial charge in [0.25, 0.3) is 0 Å². The minimum atomic E-state index is 0.213. The van der Waals surface area contributed by atoms with Crippen LogP contribution in [0.25, 0.3) is 10.2 Å². The molecule has 1 aliphatic rings. The maximum absolute atomic E-state index is 4.97. The minimum Gasteiger partial charge on any atom is -0.315 e. The topological polar surface area (TPSA) is 41.1 Å². The third kappa shape index (κ3) is 3.07. The van der Waals surface area contributed by atoms with E-state index in [1.165, 1.54) is 27.3 Å². The molecule has 1 fully saturated rings. The van der Waals surface area contributed by atoms with Crippen LogP contribution in [0.3, 0.4) is 0 Å². The van der Waals surface area contributed by atoms with Crippen molar-refractivity contribution in [1.82, 2.24) is 20.2 Å². The fourth-order valence-corrected chi connectivity index (χ4v) is 4.53. The lowest BCUT2D eigenvalue weighted by atomic mass is 10.0. The van der Waals surface area contributed by atoms with Crippen molar-refractivity contribution < 1.29 is 0 Å². The number of aryl methyl sites for hydroxylation is 1. The fourth-order valence-electron chi connectivity index (χ4n) is 3.41. The van der Waals surface area contributed by atoms with Gasteiger partial charge in [-0.3, -0.25) is 9.88 Å². The van der Waals surface area contributed by atoms with E-state index < -0.39 is 0 Å². The molecule has 124 valence electrons. The first-order valence-corrected chi connectivity index (χ1v) is 9.35. The van der Waals surface area contributed by atoms with Gasteiger partial charge in [0.1, 0.15) is 5.01 Å². The molecule has 1 aliphatic heterocycles. The number of nitrogens with one attached hydrogen (secondary N) is 1. The molecule has 4 rings (SSSR count). The third-order valence-corrected chi connectivity index (χ3v) is 5.73. The van der Waals surface area contributed by atoms with Crippen molar-refractivity contribution in [1.29, 1.82) is 0 Å². The largest absolute Gasteiger partial charge is 0.315 e. The van der Waals surface area contributed by atoms with Crippen molar-refractivity contribution in [3.8, 4) is 0 Å². The lowest BCUT2D eigenvalue weighted by Gasteiger charge is -2.30. The number of pyridine rings is 1. The van der Waals surface area contributed by atoms with Gasteiger partial charge in [0.05, 0.1) is 16.3 Å². The van der Waals surface area contributed by atoms with Crippen LogP contribution in [0.5, 0.6) is 0 Å². The predicted molar refractivity (Wildman–Crippen MR) is 99.5 cm³/mol. The summed E-state index contributed by atoms with van der Waals surface area (Å²) in [4.78, 5) is 11.8. The Bertz CT molecular complexity index is 788. The Labute approximate surface area is 146 Å². The first-order valence-electron chi connectivity index (χ1n) is 8.54. The molecule has 1 aromatic carbocycles. The monoisotopic (exact) mass is 338 g/mol. The van der Waals surface area contributed by atoms with E-state index in [4.69, 9.17) is 4.98 Å². The number of para-hydroxylation sites is 1. The number of benzene rings is 1. The summed E-state index contributed by atoms with van der Waals surface area (Å²) in [5.74, 6) is 0. The predicted octanol–water partition coefficient (Wildman–Crippen LogP) is 3.38. The van der Waals surface area contributed by atoms with Crippen molar-refractivity contribution in [3.05, 3.63) is 58.9 Å².